The van der Waals surface area contributed by atoms with Crippen molar-refractivity contribution in [2.24, 2.45) is 0 Å². The Morgan fingerprint density at radius 1 is 0.351 bits per heavy atom. The molecular formula is C51H90O6. The highest BCUT2D eigenvalue weighted by Gasteiger charge is 2.19. The van der Waals surface area contributed by atoms with E-state index in [1.165, 1.54) is 103 Å². The second-order valence-electron chi connectivity index (χ2n) is 16.0. The average Bonchev–Trinajstić information content (AvgIpc) is 3.21. The van der Waals surface area contributed by atoms with Gasteiger partial charge in [-0.05, 0) is 89.9 Å². The fraction of sp³-hybridized carbons (Fsp3) is 0.784. The fourth-order valence-electron chi connectivity index (χ4n) is 6.58. The van der Waals surface area contributed by atoms with Crippen molar-refractivity contribution in [3.8, 4) is 0 Å². The summed E-state index contributed by atoms with van der Waals surface area (Å²) in [6.45, 7) is 6.52. The molecule has 0 heterocycles. The summed E-state index contributed by atoms with van der Waals surface area (Å²) in [6, 6.07) is 0. The second kappa shape index (κ2) is 46.1. The van der Waals surface area contributed by atoms with Gasteiger partial charge in [0.2, 0.25) is 0 Å². The Bertz CT molecular complexity index is 1010. The molecule has 0 aromatic rings. The van der Waals surface area contributed by atoms with Gasteiger partial charge in [-0.25, -0.2) is 0 Å². The Morgan fingerprint density at radius 2 is 0.649 bits per heavy atom. The first kappa shape index (κ1) is 54.4. The van der Waals surface area contributed by atoms with E-state index in [1.54, 1.807) is 0 Å². The van der Waals surface area contributed by atoms with Crippen LogP contribution in [0.3, 0.4) is 0 Å². The lowest BCUT2D eigenvalue weighted by atomic mass is 10.1. The van der Waals surface area contributed by atoms with Crippen molar-refractivity contribution in [3.05, 3.63) is 48.6 Å². The lowest BCUT2D eigenvalue weighted by Crippen LogP contribution is -2.30. The van der Waals surface area contributed by atoms with Crippen LogP contribution < -0.4 is 0 Å². The molecule has 6 nitrogen and oxygen atoms in total. The zero-order chi connectivity index (χ0) is 41.5. The van der Waals surface area contributed by atoms with Crippen molar-refractivity contribution in [2.75, 3.05) is 13.2 Å². The molecule has 0 aliphatic carbocycles. The van der Waals surface area contributed by atoms with E-state index in [0.717, 1.165) is 96.3 Å². The third-order valence-electron chi connectivity index (χ3n) is 10.3. The third-order valence-corrected chi connectivity index (χ3v) is 10.3. The van der Waals surface area contributed by atoms with Crippen molar-refractivity contribution in [1.29, 1.82) is 0 Å². The van der Waals surface area contributed by atoms with Crippen LogP contribution in [-0.2, 0) is 28.6 Å². The van der Waals surface area contributed by atoms with Gasteiger partial charge in [0.25, 0.3) is 0 Å². The maximum Gasteiger partial charge on any atom is 0.306 e. The van der Waals surface area contributed by atoms with Gasteiger partial charge >= 0.3 is 17.9 Å². The van der Waals surface area contributed by atoms with Crippen LogP contribution in [0.4, 0.5) is 0 Å². The van der Waals surface area contributed by atoms with Gasteiger partial charge in [0.1, 0.15) is 13.2 Å². The maximum atomic E-state index is 12.7. The van der Waals surface area contributed by atoms with Gasteiger partial charge in [-0.1, -0.05) is 179 Å². The summed E-state index contributed by atoms with van der Waals surface area (Å²) < 4.78 is 16.7. The molecule has 6 heteroatoms. The molecule has 1 atom stereocenters. The number of unbranched alkanes of at least 4 members (excludes halogenated alkanes) is 25. The van der Waals surface area contributed by atoms with E-state index in [2.05, 4.69) is 69.4 Å². The molecular weight excluding hydrogens is 709 g/mol. The summed E-state index contributed by atoms with van der Waals surface area (Å²) >= 11 is 0. The van der Waals surface area contributed by atoms with E-state index in [4.69, 9.17) is 14.2 Å². The molecule has 0 fully saturated rings. The minimum absolute atomic E-state index is 0.0953. The van der Waals surface area contributed by atoms with Crippen molar-refractivity contribution in [3.63, 3.8) is 0 Å². The molecule has 0 saturated carbocycles. The van der Waals surface area contributed by atoms with Crippen molar-refractivity contribution >= 4 is 17.9 Å². The zero-order valence-corrected chi connectivity index (χ0v) is 37.6. The second-order valence-corrected chi connectivity index (χ2v) is 16.0. The first-order chi connectivity index (χ1) is 28.0. The summed E-state index contributed by atoms with van der Waals surface area (Å²) in [5.41, 5.74) is 0. The number of allylic oxidation sites excluding steroid dienone is 8. The molecule has 1 unspecified atom stereocenters. The normalized spacial score (nSPS) is 12.4. The van der Waals surface area contributed by atoms with Gasteiger partial charge in [0, 0.05) is 19.3 Å². The number of hydrogen-bond donors (Lipinski definition) is 0. The van der Waals surface area contributed by atoms with Gasteiger partial charge in [-0.15, -0.1) is 0 Å². The molecule has 0 aromatic heterocycles. The summed E-state index contributed by atoms with van der Waals surface area (Å²) in [6.07, 6.45) is 53.8. The van der Waals surface area contributed by atoms with Crippen LogP contribution in [0, 0.1) is 0 Å². The molecule has 0 bridgehead atoms. The lowest BCUT2D eigenvalue weighted by Gasteiger charge is -2.18. The van der Waals surface area contributed by atoms with Crippen molar-refractivity contribution < 1.29 is 28.6 Å². The number of rotatable bonds is 43. The van der Waals surface area contributed by atoms with Gasteiger partial charge in [-0.2, -0.15) is 0 Å². The molecule has 0 aliphatic heterocycles. The standard InChI is InChI=1S/C51H90O6/c1-4-7-10-13-16-19-22-24-26-29-32-35-38-41-44-50(53)56-47-48(46-55-49(52)43-40-37-34-31-28-21-18-15-12-9-6-3)57-51(54)45-42-39-36-33-30-27-25-23-20-17-14-11-8-5-2/h15,18,21,26-30,48H,4-14,16-17,19-20,22-25,31-47H2,1-3H3/b18-15-,28-21-,29-26-,30-27-. The molecule has 0 aromatic carbocycles. The highest BCUT2D eigenvalue weighted by molar-refractivity contribution is 5.71. The Labute approximate surface area is 352 Å². The van der Waals surface area contributed by atoms with E-state index in [9.17, 15) is 14.4 Å². The van der Waals surface area contributed by atoms with Crippen LogP contribution in [0.1, 0.15) is 239 Å². The highest BCUT2D eigenvalue weighted by atomic mass is 16.6. The van der Waals surface area contributed by atoms with Crippen LogP contribution in [-0.4, -0.2) is 37.2 Å². The number of carbonyl (C=O) groups is 3. The predicted octanol–water partition coefficient (Wildman–Crippen LogP) is 15.5. The van der Waals surface area contributed by atoms with E-state index < -0.39 is 6.10 Å². The molecule has 57 heavy (non-hydrogen) atoms. The van der Waals surface area contributed by atoms with E-state index in [-0.39, 0.29) is 31.1 Å². The monoisotopic (exact) mass is 799 g/mol. The minimum Gasteiger partial charge on any atom is -0.462 e. The number of hydrogen-bond acceptors (Lipinski definition) is 6. The highest BCUT2D eigenvalue weighted by Crippen LogP contribution is 2.13. The molecule has 0 saturated heterocycles. The minimum atomic E-state index is -0.794. The van der Waals surface area contributed by atoms with Crippen LogP contribution in [0.25, 0.3) is 0 Å². The summed E-state index contributed by atoms with van der Waals surface area (Å²) in [5, 5.41) is 0. The van der Waals surface area contributed by atoms with Crippen molar-refractivity contribution in [2.45, 2.75) is 245 Å². The SMILES string of the molecule is CCCC/C=C\C=C/CCCCCC(=O)OCC(COC(=O)CCCCC/C=C\CCCCCCCCC)OC(=O)CCCCC/C=C\CCCCCCCCC. The maximum absolute atomic E-state index is 12.7. The molecule has 0 spiro atoms. The van der Waals surface area contributed by atoms with Crippen LogP contribution in [0.2, 0.25) is 0 Å². The molecule has 0 rings (SSSR count). The van der Waals surface area contributed by atoms with Crippen LogP contribution in [0.5, 0.6) is 0 Å². The predicted molar refractivity (Wildman–Crippen MR) is 242 cm³/mol. The quantitative estimate of drug-likeness (QED) is 0.0201. The summed E-state index contributed by atoms with van der Waals surface area (Å²) in [7, 11) is 0. The largest absolute Gasteiger partial charge is 0.462 e. The molecule has 0 amide bonds. The van der Waals surface area contributed by atoms with E-state index in [1.807, 2.05) is 0 Å². The zero-order valence-electron chi connectivity index (χ0n) is 37.6. The third kappa shape index (κ3) is 44.3. The molecule has 0 radical (unpaired) electrons. The fourth-order valence-corrected chi connectivity index (χ4v) is 6.58. The Balaban J connectivity index is 4.44. The number of carbonyl (C=O) groups excluding carboxylic acids is 3. The molecule has 0 aliphatic rings. The van der Waals surface area contributed by atoms with E-state index in [0.29, 0.717) is 19.3 Å². The summed E-state index contributed by atoms with van der Waals surface area (Å²) in [4.78, 5) is 37.8. The summed E-state index contributed by atoms with van der Waals surface area (Å²) in [5.74, 6) is -0.953. The number of ether oxygens (including phenoxy) is 3. The van der Waals surface area contributed by atoms with E-state index >= 15 is 0 Å². The van der Waals surface area contributed by atoms with Crippen LogP contribution in [0.15, 0.2) is 48.6 Å². The van der Waals surface area contributed by atoms with Gasteiger partial charge < -0.3 is 14.2 Å². The van der Waals surface area contributed by atoms with Crippen molar-refractivity contribution in [1.82, 2.24) is 0 Å². The average molecular weight is 799 g/mol. The first-order valence-corrected chi connectivity index (χ1v) is 24.2. The van der Waals surface area contributed by atoms with Crippen LogP contribution >= 0.6 is 0 Å². The lowest BCUT2D eigenvalue weighted by molar-refractivity contribution is -0.167. The molecule has 330 valence electrons. The Morgan fingerprint density at radius 3 is 1.04 bits per heavy atom. The Hall–Kier alpha value is -2.63. The molecule has 0 N–H and O–H groups in total. The van der Waals surface area contributed by atoms with Gasteiger partial charge in [0.05, 0.1) is 0 Å². The van der Waals surface area contributed by atoms with Gasteiger partial charge in [-0.3, -0.25) is 14.4 Å². The van der Waals surface area contributed by atoms with Gasteiger partial charge in [0.15, 0.2) is 6.10 Å². The smallest absolute Gasteiger partial charge is 0.306 e. The number of esters is 3. The topological polar surface area (TPSA) is 78.9 Å². The Kier molecular flexibility index (Phi) is 43.9. The first-order valence-electron chi connectivity index (χ1n) is 24.2.